The number of amides is 1. The predicted octanol–water partition coefficient (Wildman–Crippen LogP) is 4.07. The zero-order valence-electron chi connectivity index (χ0n) is 14.5. The van der Waals surface area contributed by atoms with Crippen molar-refractivity contribution in [2.75, 3.05) is 18.5 Å². The molecule has 1 aliphatic carbocycles. The van der Waals surface area contributed by atoms with Gasteiger partial charge in [0.25, 0.3) is 5.91 Å². The van der Waals surface area contributed by atoms with Gasteiger partial charge in [-0.25, -0.2) is 4.98 Å². The molecule has 26 heavy (non-hydrogen) atoms. The molecule has 2 aromatic carbocycles. The minimum absolute atomic E-state index is 0.231. The first-order valence-electron chi connectivity index (χ1n) is 9.17. The van der Waals surface area contributed by atoms with E-state index in [-0.39, 0.29) is 11.8 Å². The van der Waals surface area contributed by atoms with Crippen LogP contribution in [0.4, 0.5) is 5.69 Å². The molecule has 0 saturated carbocycles. The molecule has 2 aliphatic rings. The van der Waals surface area contributed by atoms with Crippen LogP contribution in [-0.2, 0) is 17.6 Å². The van der Waals surface area contributed by atoms with E-state index in [2.05, 4.69) is 34.6 Å². The molecule has 0 bridgehead atoms. The molecule has 0 unspecified atom stereocenters. The lowest BCUT2D eigenvalue weighted by molar-refractivity contribution is 0.0794. The fraction of sp³-hybridized carbons (Fsp3) is 0.333. The molecule has 5 rings (SSSR count). The van der Waals surface area contributed by atoms with Gasteiger partial charge in [-0.2, -0.15) is 0 Å². The number of anilines is 1. The number of carbonyl (C=O) groups excluding carboxylic acids is 1. The summed E-state index contributed by atoms with van der Waals surface area (Å²) in [6, 6.07) is 10.4. The number of carbonyl (C=O) groups is 1. The van der Waals surface area contributed by atoms with Crippen LogP contribution in [0.25, 0.3) is 10.8 Å². The Morgan fingerprint density at radius 1 is 1.08 bits per heavy atom. The van der Waals surface area contributed by atoms with Gasteiger partial charge in [-0.1, -0.05) is 24.3 Å². The first-order chi connectivity index (χ1) is 12.8. The van der Waals surface area contributed by atoms with Crippen LogP contribution < -0.4 is 5.32 Å². The Labute approximate surface area is 151 Å². The van der Waals surface area contributed by atoms with E-state index in [0.717, 1.165) is 50.0 Å². The Morgan fingerprint density at radius 2 is 1.88 bits per heavy atom. The largest absolute Gasteiger partial charge is 0.448 e. The van der Waals surface area contributed by atoms with Gasteiger partial charge in [0.05, 0.1) is 0 Å². The molecule has 5 heteroatoms. The number of benzene rings is 2. The van der Waals surface area contributed by atoms with Gasteiger partial charge in [-0.3, -0.25) is 4.79 Å². The molecule has 0 radical (unpaired) electrons. The number of aryl methyl sites for hydroxylation is 2. The predicted molar refractivity (Wildman–Crippen MR) is 98.6 cm³/mol. The molecule has 0 atom stereocenters. The van der Waals surface area contributed by atoms with Crippen LogP contribution in [0.3, 0.4) is 0 Å². The molecular weight excluding hydrogens is 328 g/mol. The van der Waals surface area contributed by atoms with E-state index in [1.54, 1.807) is 0 Å². The third-order valence-corrected chi connectivity index (χ3v) is 5.45. The number of nitrogens with zero attached hydrogens (tertiary/aromatic N) is 1. The number of nitrogens with one attached hydrogen (secondary N) is 1. The number of hydrogen-bond donors (Lipinski definition) is 1. The molecule has 5 nitrogen and oxygen atoms in total. The third kappa shape index (κ3) is 2.59. The Kier molecular flexibility index (Phi) is 3.75. The first-order valence-corrected chi connectivity index (χ1v) is 9.17. The van der Waals surface area contributed by atoms with Crippen LogP contribution in [-0.4, -0.2) is 24.1 Å². The van der Waals surface area contributed by atoms with Gasteiger partial charge in [0, 0.05) is 30.2 Å². The number of aromatic nitrogens is 1. The van der Waals surface area contributed by atoms with Crippen molar-refractivity contribution < 1.29 is 13.9 Å². The lowest BCUT2D eigenvalue weighted by Crippen LogP contribution is -2.16. The highest BCUT2D eigenvalue weighted by molar-refractivity contribution is 6.09. The molecule has 2 heterocycles. The van der Waals surface area contributed by atoms with Gasteiger partial charge in [-0.15, -0.1) is 0 Å². The van der Waals surface area contributed by atoms with Crippen molar-refractivity contribution in [1.82, 2.24) is 4.98 Å². The first kappa shape index (κ1) is 15.6. The smallest absolute Gasteiger partial charge is 0.277 e. The molecule has 1 saturated heterocycles. The van der Waals surface area contributed by atoms with E-state index in [4.69, 9.17) is 9.15 Å². The average Bonchev–Trinajstić information content (AvgIpc) is 3.33. The lowest BCUT2D eigenvalue weighted by Gasteiger charge is -2.18. The van der Waals surface area contributed by atoms with Crippen LogP contribution in [0.1, 0.15) is 46.3 Å². The van der Waals surface area contributed by atoms with Crippen LogP contribution in [0.5, 0.6) is 0 Å². The summed E-state index contributed by atoms with van der Waals surface area (Å²) in [7, 11) is 0. The summed E-state index contributed by atoms with van der Waals surface area (Å²) in [5.41, 5.74) is 3.87. The second kappa shape index (κ2) is 6.25. The van der Waals surface area contributed by atoms with E-state index in [0.29, 0.717) is 11.6 Å². The average molecular weight is 348 g/mol. The Bertz CT molecular complexity index is 976. The lowest BCUT2D eigenvalue weighted by atomic mass is 10.0. The maximum Gasteiger partial charge on any atom is 0.277 e. The van der Waals surface area contributed by atoms with Crippen LogP contribution in [0, 0.1) is 0 Å². The van der Waals surface area contributed by atoms with Gasteiger partial charge < -0.3 is 14.5 Å². The maximum atomic E-state index is 12.7. The van der Waals surface area contributed by atoms with E-state index in [1.807, 2.05) is 6.07 Å². The molecule has 1 amide bonds. The van der Waals surface area contributed by atoms with Crippen LogP contribution in [0.15, 0.2) is 41.0 Å². The molecule has 1 aromatic heterocycles. The van der Waals surface area contributed by atoms with E-state index < -0.39 is 0 Å². The molecule has 1 fully saturated rings. The van der Waals surface area contributed by atoms with Crippen molar-refractivity contribution in [2.45, 2.75) is 31.6 Å². The minimum atomic E-state index is -0.231. The summed E-state index contributed by atoms with van der Waals surface area (Å²) in [5, 5.41) is 5.40. The van der Waals surface area contributed by atoms with Crippen LogP contribution in [0.2, 0.25) is 0 Å². The zero-order chi connectivity index (χ0) is 17.5. The Balaban J connectivity index is 1.41. The molecule has 132 valence electrons. The highest BCUT2D eigenvalue weighted by Crippen LogP contribution is 2.35. The quantitative estimate of drug-likeness (QED) is 0.775. The number of hydrogen-bond acceptors (Lipinski definition) is 4. The van der Waals surface area contributed by atoms with Gasteiger partial charge in [-0.05, 0) is 48.3 Å². The van der Waals surface area contributed by atoms with E-state index in [1.165, 1.54) is 22.8 Å². The molecule has 1 N–H and O–H groups in total. The van der Waals surface area contributed by atoms with Gasteiger partial charge in [0.1, 0.15) is 6.26 Å². The summed E-state index contributed by atoms with van der Waals surface area (Å²) < 4.78 is 10.9. The number of rotatable bonds is 3. The highest BCUT2D eigenvalue weighted by atomic mass is 16.5. The molecular formula is C21H20N2O3. The monoisotopic (exact) mass is 348 g/mol. The van der Waals surface area contributed by atoms with E-state index in [9.17, 15) is 4.79 Å². The highest BCUT2D eigenvalue weighted by Gasteiger charge is 2.23. The maximum absolute atomic E-state index is 12.7. The summed E-state index contributed by atoms with van der Waals surface area (Å²) in [5.74, 6) is 0.645. The van der Waals surface area contributed by atoms with Crippen molar-refractivity contribution in [1.29, 1.82) is 0 Å². The standard InChI is InChI=1S/C21H20N2O3/c24-20(18-12-26-21(23-18)15-8-10-25-11-9-15)22-17-7-6-14-5-4-13-2-1-3-16(17)19(13)14/h1-3,6-7,12,15H,4-5,8-11H2,(H,22,24). The normalized spacial score (nSPS) is 16.9. The van der Waals surface area contributed by atoms with Crippen molar-refractivity contribution in [3.63, 3.8) is 0 Å². The van der Waals surface area contributed by atoms with Gasteiger partial charge >= 0.3 is 0 Å². The van der Waals surface area contributed by atoms with E-state index >= 15 is 0 Å². The Morgan fingerprint density at radius 3 is 2.73 bits per heavy atom. The summed E-state index contributed by atoms with van der Waals surface area (Å²) in [6.45, 7) is 1.44. The van der Waals surface area contributed by atoms with Crippen molar-refractivity contribution in [3.05, 3.63) is 59.3 Å². The SMILES string of the molecule is O=C(Nc1ccc2c3c(cccc13)CC2)c1coc(C2CCOCC2)n1. The topological polar surface area (TPSA) is 64.4 Å². The summed E-state index contributed by atoms with van der Waals surface area (Å²) >= 11 is 0. The van der Waals surface area contributed by atoms with Crippen molar-refractivity contribution in [2.24, 2.45) is 0 Å². The summed E-state index contributed by atoms with van der Waals surface area (Å²) in [6.07, 6.45) is 5.37. The van der Waals surface area contributed by atoms with Crippen molar-refractivity contribution in [3.8, 4) is 0 Å². The second-order valence-corrected chi connectivity index (χ2v) is 7.02. The molecule has 1 aliphatic heterocycles. The second-order valence-electron chi connectivity index (χ2n) is 7.02. The number of oxazole rings is 1. The number of ether oxygens (including phenoxy) is 1. The van der Waals surface area contributed by atoms with Crippen molar-refractivity contribution >= 4 is 22.4 Å². The minimum Gasteiger partial charge on any atom is -0.448 e. The van der Waals surface area contributed by atoms with Gasteiger partial charge in [0.2, 0.25) is 0 Å². The summed E-state index contributed by atoms with van der Waals surface area (Å²) in [4.78, 5) is 17.1. The third-order valence-electron chi connectivity index (χ3n) is 5.45. The van der Waals surface area contributed by atoms with Crippen LogP contribution >= 0.6 is 0 Å². The van der Waals surface area contributed by atoms with Gasteiger partial charge in [0.15, 0.2) is 11.6 Å². The fourth-order valence-electron chi connectivity index (χ4n) is 4.07. The molecule has 0 spiro atoms. The zero-order valence-corrected chi connectivity index (χ0v) is 14.5. The fourth-order valence-corrected chi connectivity index (χ4v) is 4.07. The Hall–Kier alpha value is -2.66. The molecule has 3 aromatic rings.